The van der Waals surface area contributed by atoms with Crippen LogP contribution >= 0.6 is 0 Å². The van der Waals surface area contributed by atoms with Crippen molar-refractivity contribution in [3.05, 3.63) is 210 Å². The van der Waals surface area contributed by atoms with E-state index in [0.717, 1.165) is 45.0 Å². The number of hydrogen-bond acceptors (Lipinski definition) is 17. The van der Waals surface area contributed by atoms with Gasteiger partial charge in [0.25, 0.3) is 0 Å². The molecule has 5 aromatic heterocycles. The third kappa shape index (κ3) is 13.8. The second-order valence-corrected chi connectivity index (χ2v) is 19.9. The van der Waals surface area contributed by atoms with Crippen molar-refractivity contribution in [2.24, 2.45) is 0 Å². The van der Waals surface area contributed by atoms with E-state index in [-0.39, 0.29) is 28.9 Å². The van der Waals surface area contributed by atoms with Gasteiger partial charge in [0.15, 0.2) is 29.2 Å². The van der Waals surface area contributed by atoms with Crippen molar-refractivity contribution >= 4 is 51.2 Å². The molecule has 22 heteroatoms. The molecule has 2 fully saturated rings. The molecule has 1 amide bonds. The minimum absolute atomic E-state index is 0.148. The Balaban J connectivity index is 0.000000164. The Bertz CT molecular complexity index is 4060. The van der Waals surface area contributed by atoms with Gasteiger partial charge in [-0.15, -0.1) is 0 Å². The molecule has 7 heterocycles. The van der Waals surface area contributed by atoms with Crippen molar-refractivity contribution in [2.45, 2.75) is 32.0 Å². The number of carbonyl (C=O) groups is 1. The smallest absolute Gasteiger partial charge is 0.340 e. The summed E-state index contributed by atoms with van der Waals surface area (Å²) < 4.78 is 17.6. The van der Waals surface area contributed by atoms with Crippen LogP contribution in [0.15, 0.2) is 198 Å². The Morgan fingerprint density at radius 3 is 1.67 bits per heavy atom. The highest BCUT2D eigenvalue weighted by molar-refractivity contribution is 6.01. The van der Waals surface area contributed by atoms with Gasteiger partial charge in [0.1, 0.15) is 52.5 Å². The molecule has 12 rings (SSSR count). The van der Waals surface area contributed by atoms with Crippen LogP contribution in [-0.4, -0.2) is 129 Å². The number of imidazole rings is 2. The first kappa shape index (κ1) is 58.0. The summed E-state index contributed by atoms with van der Waals surface area (Å²) >= 11 is 0. The number of aliphatic hydroxyl groups is 2. The van der Waals surface area contributed by atoms with E-state index < -0.39 is 6.29 Å². The predicted molar refractivity (Wildman–Crippen MR) is 329 cm³/mol. The number of aliphatic hydroxyl groups excluding tert-OH is 1. The van der Waals surface area contributed by atoms with Gasteiger partial charge in [-0.2, -0.15) is 0 Å². The highest BCUT2D eigenvalue weighted by Gasteiger charge is 2.23. The molecule has 0 bridgehead atoms. The number of benzene rings is 5. The second kappa shape index (κ2) is 27.2. The van der Waals surface area contributed by atoms with Crippen molar-refractivity contribution in [1.29, 1.82) is 0 Å². The summed E-state index contributed by atoms with van der Waals surface area (Å²) in [7, 11) is 3.53. The Morgan fingerprint density at radius 1 is 0.588 bits per heavy atom. The second-order valence-electron chi connectivity index (χ2n) is 19.9. The van der Waals surface area contributed by atoms with Gasteiger partial charge < -0.3 is 41.4 Å². The fourth-order valence-electron chi connectivity index (χ4n) is 9.93. The fraction of sp³-hybridized carbons (Fsp3) is 0.206. The molecule has 434 valence electrons. The summed E-state index contributed by atoms with van der Waals surface area (Å²) in [5.74, 6) is 3.16. The van der Waals surface area contributed by atoms with Crippen molar-refractivity contribution in [1.82, 2.24) is 53.0 Å². The molecule has 0 aliphatic carbocycles. The molecule has 0 radical (unpaired) electrons. The number of hydrogen-bond donors (Lipinski definition) is 5. The first-order valence-electron chi connectivity index (χ1n) is 27.7. The summed E-state index contributed by atoms with van der Waals surface area (Å²) in [6.07, 6.45) is 14.6. The van der Waals surface area contributed by atoms with Gasteiger partial charge in [-0.25, -0.2) is 48.2 Å². The van der Waals surface area contributed by atoms with Crippen molar-refractivity contribution in [3.8, 4) is 45.9 Å². The molecule has 7 N–H and O–H groups in total. The lowest BCUT2D eigenvalue weighted by atomic mass is 10.2. The lowest BCUT2D eigenvalue weighted by Gasteiger charge is -2.17. The van der Waals surface area contributed by atoms with Crippen LogP contribution in [0, 0.1) is 0 Å². The summed E-state index contributed by atoms with van der Waals surface area (Å²) in [6.45, 7) is 6.03. The average molecular weight is 1140 g/mol. The standard InChI is InChI=1S/C32H31N7O3.C23H19N7O2.C8H15NO2/c1-36(28(40)13-8-20-37-18-5-6-19-37)24-9-7-10-25(21-24)39-31-29(30(33)34-22-35-31)38(32(39)41)23-14-16-27(17-15-23)42-26-11-3-2-4-12-26;1-25-15-6-5-7-16(12-15)29-22-20(21(24)27-14-28-22)30(23(29)31)19-11-10-18(13-26-19)32-17-8-3-2-4-9-17;10-8(11)4-3-7-9-5-1-2-6-9/h2-4,7-17,21-22H,5-6,18-20H2,1H3,(H2,33,34,35);2-14,25H,1H3,(H2,24,27,28);3-4,8,10-11H,1-2,5-7H2/b13-8+;;4-3+. The highest BCUT2D eigenvalue weighted by atomic mass is 16.5. The van der Waals surface area contributed by atoms with Crippen LogP contribution < -0.4 is 42.5 Å². The fourth-order valence-corrected chi connectivity index (χ4v) is 9.93. The van der Waals surface area contributed by atoms with Gasteiger partial charge in [-0.3, -0.25) is 19.2 Å². The van der Waals surface area contributed by atoms with E-state index in [0.29, 0.717) is 73.9 Å². The third-order valence-corrected chi connectivity index (χ3v) is 14.2. The first-order chi connectivity index (χ1) is 41.4. The molecule has 10 aromatic rings. The summed E-state index contributed by atoms with van der Waals surface area (Å²) in [6, 6.07) is 44.1. The molecule has 0 atom stereocenters. The number of nitrogens with one attached hydrogen (secondary N) is 1. The van der Waals surface area contributed by atoms with E-state index in [4.69, 9.17) is 31.2 Å². The molecule has 0 spiro atoms. The van der Waals surface area contributed by atoms with E-state index in [1.54, 1.807) is 84.9 Å². The quantitative estimate of drug-likeness (QED) is 0.0350. The van der Waals surface area contributed by atoms with Gasteiger partial charge in [0.05, 0.1) is 23.3 Å². The maximum Gasteiger partial charge on any atom is 0.340 e. The summed E-state index contributed by atoms with van der Waals surface area (Å²) in [4.78, 5) is 68.0. The number of nitrogens with two attached hydrogens (primary N) is 2. The normalized spacial score (nSPS) is 13.5. The van der Waals surface area contributed by atoms with E-state index in [1.807, 2.05) is 104 Å². The van der Waals surface area contributed by atoms with Gasteiger partial charge in [-0.1, -0.05) is 60.7 Å². The summed E-state index contributed by atoms with van der Waals surface area (Å²) in [5.41, 5.74) is 16.5. The minimum atomic E-state index is -1.29. The number of likely N-dealkylation sites (tertiary alicyclic amines) is 2. The minimum Gasteiger partial charge on any atom is -0.457 e. The SMILES string of the molecule is CN(C(=O)/C=C/CN1CCCC1)c1cccc(-n2c(=O)n(-c3ccc(Oc4ccccc4)cc3)c3c(N)ncnc32)c1.CNc1cccc(-n2c(=O)n(-c3ccc(Oc4ccccc4)cn3)c3c(N)ncnc32)c1.OC(O)/C=C/CN1CCCC1. The van der Waals surface area contributed by atoms with Crippen LogP contribution in [0.2, 0.25) is 0 Å². The van der Waals surface area contributed by atoms with E-state index in [9.17, 15) is 14.4 Å². The maximum absolute atomic E-state index is 14.0. The van der Waals surface area contributed by atoms with Gasteiger partial charge in [-0.05, 0) is 155 Å². The number of nitrogens with zero attached hydrogens (tertiary/aromatic N) is 12. The lowest BCUT2D eigenvalue weighted by Crippen LogP contribution is -2.26. The van der Waals surface area contributed by atoms with E-state index in [1.165, 1.54) is 62.7 Å². The first-order valence-corrected chi connectivity index (χ1v) is 27.7. The number of likely N-dealkylation sites (N-methyl/N-ethyl adjacent to an activating group) is 1. The topological polar surface area (TPSA) is 268 Å². The number of amides is 1. The van der Waals surface area contributed by atoms with Crippen LogP contribution in [0.5, 0.6) is 23.0 Å². The number of anilines is 4. The van der Waals surface area contributed by atoms with Crippen LogP contribution in [0.1, 0.15) is 25.7 Å². The molecular formula is C63H65N15O7. The number of carbonyl (C=O) groups excluding carboxylic acids is 1. The number of ether oxygens (including phenoxy) is 2. The van der Waals surface area contributed by atoms with Crippen molar-refractivity contribution in [2.75, 3.05) is 75.0 Å². The molecule has 0 saturated carbocycles. The number of fused-ring (bicyclic) bond motifs is 2. The van der Waals surface area contributed by atoms with Gasteiger partial charge in [0, 0.05) is 44.6 Å². The van der Waals surface area contributed by atoms with Crippen molar-refractivity contribution in [3.63, 3.8) is 0 Å². The van der Waals surface area contributed by atoms with Crippen LogP contribution in [0.25, 0.3) is 45.2 Å². The summed E-state index contributed by atoms with van der Waals surface area (Å²) in [5, 5.41) is 20.0. The zero-order valence-corrected chi connectivity index (χ0v) is 47.0. The Hall–Kier alpha value is -10.3. The highest BCUT2D eigenvalue weighted by Crippen LogP contribution is 2.29. The number of para-hydroxylation sites is 2. The molecule has 2 aliphatic heterocycles. The molecule has 0 unspecified atom stereocenters. The monoisotopic (exact) mass is 1140 g/mol. The number of pyridine rings is 1. The van der Waals surface area contributed by atoms with E-state index in [2.05, 4.69) is 40.0 Å². The Morgan fingerprint density at radius 2 is 1.11 bits per heavy atom. The molecule has 5 aromatic carbocycles. The average Bonchev–Trinajstić information content (AvgIpc) is 2.21. The number of rotatable bonds is 16. The van der Waals surface area contributed by atoms with Gasteiger partial charge in [0.2, 0.25) is 5.91 Å². The predicted octanol–water partition coefficient (Wildman–Crippen LogP) is 7.89. The third-order valence-electron chi connectivity index (χ3n) is 14.2. The molecule has 2 saturated heterocycles. The molecule has 22 nitrogen and oxygen atoms in total. The van der Waals surface area contributed by atoms with Crippen LogP contribution in [0.4, 0.5) is 23.0 Å². The van der Waals surface area contributed by atoms with Gasteiger partial charge >= 0.3 is 11.4 Å². The maximum atomic E-state index is 14.0. The largest absolute Gasteiger partial charge is 0.457 e. The van der Waals surface area contributed by atoms with Crippen LogP contribution in [-0.2, 0) is 4.79 Å². The van der Waals surface area contributed by atoms with E-state index >= 15 is 0 Å². The van der Waals surface area contributed by atoms with Crippen molar-refractivity contribution < 1.29 is 24.5 Å². The Kier molecular flexibility index (Phi) is 18.6. The molecule has 2 aliphatic rings. The Labute approximate surface area is 489 Å². The van der Waals surface area contributed by atoms with Crippen LogP contribution in [0.3, 0.4) is 0 Å². The molecule has 85 heavy (non-hydrogen) atoms. The lowest BCUT2D eigenvalue weighted by molar-refractivity contribution is -0.113. The molecular weight excluding hydrogens is 1080 g/mol. The number of aromatic nitrogens is 9. The number of nitrogen functional groups attached to an aromatic ring is 2. The zero-order valence-electron chi connectivity index (χ0n) is 47.0. The zero-order chi connectivity index (χ0) is 59.2.